The summed E-state index contributed by atoms with van der Waals surface area (Å²) < 4.78 is 0. The molecule has 1 N–H and O–H groups in total. The topological polar surface area (TPSA) is 12.0 Å². The van der Waals surface area contributed by atoms with Gasteiger partial charge in [-0.1, -0.05) is 40.5 Å². The molecule has 1 nitrogen and oxygen atoms in total. The highest BCUT2D eigenvalue weighted by molar-refractivity contribution is 8.07. The van der Waals surface area contributed by atoms with Crippen LogP contribution < -0.4 is 5.32 Å². The second-order valence-electron chi connectivity index (χ2n) is 5.39. The minimum Gasteiger partial charge on any atom is -0.313 e. The van der Waals surface area contributed by atoms with E-state index < -0.39 is 0 Å². The van der Waals surface area contributed by atoms with Gasteiger partial charge in [0.2, 0.25) is 0 Å². The Labute approximate surface area is 123 Å². The maximum absolute atomic E-state index is 3.83. The molecule has 1 fully saturated rings. The van der Waals surface area contributed by atoms with Gasteiger partial charge < -0.3 is 5.32 Å². The van der Waals surface area contributed by atoms with Gasteiger partial charge in [-0.15, -0.1) is 0 Å². The summed E-state index contributed by atoms with van der Waals surface area (Å²) in [7, 11) is 0. The summed E-state index contributed by atoms with van der Waals surface area (Å²) in [6.07, 6.45) is 5.29. The summed E-state index contributed by atoms with van der Waals surface area (Å²) in [6.45, 7) is 10.6. The first-order valence-electron chi connectivity index (χ1n) is 7.69. The van der Waals surface area contributed by atoms with E-state index in [-0.39, 0.29) is 0 Å². The SMILES string of the molecule is CCCNC(CC(CC)CC)C1SCCSC1C. The fourth-order valence-corrected chi connectivity index (χ4v) is 5.71. The van der Waals surface area contributed by atoms with E-state index in [1.165, 1.54) is 43.7 Å². The van der Waals surface area contributed by atoms with Gasteiger partial charge in [0.25, 0.3) is 0 Å². The van der Waals surface area contributed by atoms with Crippen molar-refractivity contribution in [1.29, 1.82) is 0 Å². The Hall–Kier alpha value is 0.660. The average molecular weight is 290 g/mol. The Morgan fingerprint density at radius 2 is 1.78 bits per heavy atom. The maximum Gasteiger partial charge on any atom is 0.0317 e. The molecule has 1 saturated heterocycles. The molecule has 18 heavy (non-hydrogen) atoms. The van der Waals surface area contributed by atoms with Gasteiger partial charge in [-0.2, -0.15) is 23.5 Å². The van der Waals surface area contributed by atoms with Crippen molar-refractivity contribution in [3.05, 3.63) is 0 Å². The maximum atomic E-state index is 3.83. The molecular weight excluding hydrogens is 258 g/mol. The van der Waals surface area contributed by atoms with Crippen LogP contribution in [0.15, 0.2) is 0 Å². The molecule has 0 aromatic heterocycles. The third-order valence-electron chi connectivity index (χ3n) is 4.03. The van der Waals surface area contributed by atoms with Crippen LogP contribution in [0.4, 0.5) is 0 Å². The molecule has 3 atom stereocenters. The number of hydrogen-bond acceptors (Lipinski definition) is 3. The van der Waals surface area contributed by atoms with Crippen molar-refractivity contribution < 1.29 is 0 Å². The predicted octanol–water partition coefficient (Wildman–Crippen LogP) is 4.42. The van der Waals surface area contributed by atoms with Gasteiger partial charge >= 0.3 is 0 Å². The van der Waals surface area contributed by atoms with Gasteiger partial charge in [-0.3, -0.25) is 0 Å². The van der Waals surface area contributed by atoms with Crippen LogP contribution in [0.5, 0.6) is 0 Å². The zero-order chi connectivity index (χ0) is 13.4. The first-order valence-corrected chi connectivity index (χ1v) is 9.79. The van der Waals surface area contributed by atoms with Gasteiger partial charge in [0.15, 0.2) is 0 Å². The zero-order valence-electron chi connectivity index (χ0n) is 12.6. The largest absolute Gasteiger partial charge is 0.313 e. The summed E-state index contributed by atoms with van der Waals surface area (Å²) in [6, 6.07) is 0.725. The van der Waals surface area contributed by atoms with Crippen molar-refractivity contribution in [2.45, 2.75) is 69.9 Å². The molecule has 0 aromatic carbocycles. The predicted molar refractivity (Wildman–Crippen MR) is 88.9 cm³/mol. The second-order valence-corrected chi connectivity index (χ2v) is 8.16. The fourth-order valence-electron chi connectivity index (χ4n) is 2.74. The molecule has 1 aliphatic rings. The van der Waals surface area contributed by atoms with Crippen LogP contribution >= 0.6 is 23.5 Å². The van der Waals surface area contributed by atoms with Gasteiger partial charge in [0, 0.05) is 28.0 Å². The summed E-state index contributed by atoms with van der Waals surface area (Å²) >= 11 is 4.38. The molecule has 1 aliphatic heterocycles. The lowest BCUT2D eigenvalue weighted by molar-refractivity contribution is 0.357. The summed E-state index contributed by atoms with van der Waals surface area (Å²) in [5, 5.41) is 5.46. The summed E-state index contributed by atoms with van der Waals surface area (Å²) in [4.78, 5) is 0. The lowest BCUT2D eigenvalue weighted by Gasteiger charge is -2.36. The molecule has 3 unspecified atom stereocenters. The van der Waals surface area contributed by atoms with E-state index >= 15 is 0 Å². The number of hydrogen-bond donors (Lipinski definition) is 1. The Balaban J connectivity index is 2.57. The molecule has 0 bridgehead atoms. The van der Waals surface area contributed by atoms with Crippen molar-refractivity contribution in [3.8, 4) is 0 Å². The van der Waals surface area contributed by atoms with Crippen LogP contribution in [-0.4, -0.2) is 34.6 Å². The zero-order valence-corrected chi connectivity index (χ0v) is 14.2. The quantitative estimate of drug-likeness (QED) is 0.710. The van der Waals surface area contributed by atoms with E-state index in [1.54, 1.807) is 0 Å². The molecular formula is C15H31NS2. The van der Waals surface area contributed by atoms with Gasteiger partial charge in [0.1, 0.15) is 0 Å². The molecule has 108 valence electrons. The standard InChI is InChI=1S/C15H31NS2/c1-5-8-16-14(11-13(6-2)7-3)15-12(4)17-9-10-18-15/h12-16H,5-11H2,1-4H3. The van der Waals surface area contributed by atoms with Crippen molar-refractivity contribution in [1.82, 2.24) is 5.32 Å². The fraction of sp³-hybridized carbons (Fsp3) is 1.00. The van der Waals surface area contributed by atoms with Gasteiger partial charge in [-0.05, 0) is 25.3 Å². The van der Waals surface area contributed by atoms with E-state index in [1.807, 2.05) is 0 Å². The summed E-state index contributed by atoms with van der Waals surface area (Å²) in [5.41, 5.74) is 0. The van der Waals surface area contributed by atoms with Crippen LogP contribution in [0.25, 0.3) is 0 Å². The third-order valence-corrected chi connectivity index (χ3v) is 7.28. The van der Waals surface area contributed by atoms with Crippen LogP contribution in [0, 0.1) is 5.92 Å². The summed E-state index contributed by atoms with van der Waals surface area (Å²) in [5.74, 6) is 3.58. The molecule has 0 aromatic rings. The van der Waals surface area contributed by atoms with Crippen LogP contribution in [0.2, 0.25) is 0 Å². The number of thioether (sulfide) groups is 2. The molecule has 0 amide bonds. The average Bonchev–Trinajstić information content (AvgIpc) is 2.40. The molecule has 0 spiro atoms. The Kier molecular flexibility index (Phi) is 8.86. The van der Waals surface area contributed by atoms with Crippen molar-refractivity contribution in [2.75, 3.05) is 18.1 Å². The van der Waals surface area contributed by atoms with E-state index in [4.69, 9.17) is 0 Å². The molecule has 0 saturated carbocycles. The minimum absolute atomic E-state index is 0.725. The first-order chi connectivity index (χ1) is 8.72. The lowest BCUT2D eigenvalue weighted by atomic mass is 9.92. The highest BCUT2D eigenvalue weighted by Gasteiger charge is 2.30. The molecule has 1 heterocycles. The Morgan fingerprint density at radius 1 is 1.11 bits per heavy atom. The smallest absolute Gasteiger partial charge is 0.0317 e. The molecule has 1 rings (SSSR count). The van der Waals surface area contributed by atoms with Crippen molar-refractivity contribution >= 4 is 23.5 Å². The number of nitrogens with one attached hydrogen (secondary N) is 1. The monoisotopic (exact) mass is 289 g/mol. The number of rotatable bonds is 8. The molecule has 0 radical (unpaired) electrons. The molecule has 0 aliphatic carbocycles. The highest BCUT2D eigenvalue weighted by Crippen LogP contribution is 2.35. The highest BCUT2D eigenvalue weighted by atomic mass is 32.2. The second kappa shape index (κ2) is 9.55. The Morgan fingerprint density at radius 3 is 2.33 bits per heavy atom. The van der Waals surface area contributed by atoms with Crippen molar-refractivity contribution in [2.24, 2.45) is 5.92 Å². The normalized spacial score (nSPS) is 26.5. The van der Waals surface area contributed by atoms with E-state index in [0.717, 1.165) is 22.5 Å². The van der Waals surface area contributed by atoms with Crippen LogP contribution in [0.1, 0.15) is 53.4 Å². The van der Waals surface area contributed by atoms with Crippen LogP contribution in [0.3, 0.4) is 0 Å². The van der Waals surface area contributed by atoms with E-state index in [2.05, 4.69) is 56.5 Å². The minimum atomic E-state index is 0.725. The molecule has 3 heteroatoms. The van der Waals surface area contributed by atoms with Crippen LogP contribution in [-0.2, 0) is 0 Å². The first kappa shape index (κ1) is 16.7. The van der Waals surface area contributed by atoms with E-state index in [9.17, 15) is 0 Å². The van der Waals surface area contributed by atoms with Gasteiger partial charge in [-0.25, -0.2) is 0 Å². The third kappa shape index (κ3) is 5.34. The van der Waals surface area contributed by atoms with Crippen molar-refractivity contribution in [3.63, 3.8) is 0 Å². The van der Waals surface area contributed by atoms with Gasteiger partial charge in [0.05, 0.1) is 0 Å². The Bertz CT molecular complexity index is 207. The lowest BCUT2D eigenvalue weighted by Crippen LogP contribution is -2.45. The van der Waals surface area contributed by atoms with E-state index in [0.29, 0.717) is 0 Å².